The molecule has 4 heteroatoms. The van der Waals surface area contributed by atoms with Crippen LogP contribution in [0, 0.1) is 13.8 Å². The van der Waals surface area contributed by atoms with E-state index in [2.05, 4.69) is 0 Å². The SMILES string of the molecule is Cc1ccc(C)c(CC(=O)NC(N)=O)c1. The third-order valence-electron chi connectivity index (χ3n) is 2.12. The van der Waals surface area contributed by atoms with Crippen LogP contribution in [-0.4, -0.2) is 11.9 Å². The van der Waals surface area contributed by atoms with Gasteiger partial charge in [-0.2, -0.15) is 0 Å². The second-order valence-electron chi connectivity index (χ2n) is 3.52. The third kappa shape index (κ3) is 3.42. The Morgan fingerprint density at radius 2 is 2.00 bits per heavy atom. The van der Waals surface area contributed by atoms with Crippen LogP contribution in [0.25, 0.3) is 0 Å². The maximum absolute atomic E-state index is 11.3. The molecule has 0 unspecified atom stereocenters. The van der Waals surface area contributed by atoms with Crippen LogP contribution >= 0.6 is 0 Å². The number of imide groups is 1. The smallest absolute Gasteiger partial charge is 0.318 e. The molecule has 1 aromatic carbocycles. The number of carbonyl (C=O) groups is 2. The molecule has 80 valence electrons. The fourth-order valence-electron chi connectivity index (χ4n) is 1.35. The van der Waals surface area contributed by atoms with E-state index < -0.39 is 6.03 Å². The summed E-state index contributed by atoms with van der Waals surface area (Å²) in [6.07, 6.45) is 0.177. The van der Waals surface area contributed by atoms with Crippen molar-refractivity contribution in [3.8, 4) is 0 Å². The highest BCUT2D eigenvalue weighted by molar-refractivity contribution is 5.94. The zero-order valence-electron chi connectivity index (χ0n) is 8.83. The van der Waals surface area contributed by atoms with Crippen molar-refractivity contribution in [2.24, 2.45) is 5.73 Å². The predicted molar refractivity (Wildman–Crippen MR) is 57.3 cm³/mol. The molecule has 0 spiro atoms. The van der Waals surface area contributed by atoms with E-state index in [9.17, 15) is 9.59 Å². The van der Waals surface area contributed by atoms with Crippen molar-refractivity contribution in [1.29, 1.82) is 0 Å². The van der Waals surface area contributed by atoms with Crippen molar-refractivity contribution >= 4 is 11.9 Å². The average Bonchev–Trinajstić information content (AvgIpc) is 2.10. The molecule has 0 aliphatic heterocycles. The molecule has 0 atom stereocenters. The lowest BCUT2D eigenvalue weighted by molar-refractivity contribution is -0.119. The summed E-state index contributed by atoms with van der Waals surface area (Å²) in [6.45, 7) is 3.88. The van der Waals surface area contributed by atoms with E-state index in [-0.39, 0.29) is 12.3 Å². The summed E-state index contributed by atoms with van der Waals surface area (Å²) >= 11 is 0. The average molecular weight is 206 g/mol. The minimum Gasteiger partial charge on any atom is -0.351 e. The van der Waals surface area contributed by atoms with E-state index in [1.54, 1.807) is 0 Å². The second-order valence-corrected chi connectivity index (χ2v) is 3.52. The lowest BCUT2D eigenvalue weighted by Gasteiger charge is -2.06. The van der Waals surface area contributed by atoms with Gasteiger partial charge in [-0.15, -0.1) is 0 Å². The lowest BCUT2D eigenvalue weighted by atomic mass is 10.0. The van der Waals surface area contributed by atoms with Gasteiger partial charge in [0.15, 0.2) is 0 Å². The number of hydrogen-bond acceptors (Lipinski definition) is 2. The number of carbonyl (C=O) groups excluding carboxylic acids is 2. The van der Waals surface area contributed by atoms with Crippen LogP contribution < -0.4 is 11.1 Å². The first kappa shape index (κ1) is 11.2. The van der Waals surface area contributed by atoms with Crippen LogP contribution in [0.1, 0.15) is 16.7 Å². The van der Waals surface area contributed by atoms with E-state index >= 15 is 0 Å². The van der Waals surface area contributed by atoms with Gasteiger partial charge in [-0.3, -0.25) is 10.1 Å². The molecule has 0 saturated heterocycles. The number of primary amides is 1. The first-order valence-corrected chi connectivity index (χ1v) is 4.64. The highest BCUT2D eigenvalue weighted by Gasteiger charge is 2.07. The van der Waals surface area contributed by atoms with Crippen LogP contribution in [-0.2, 0) is 11.2 Å². The summed E-state index contributed by atoms with van der Waals surface area (Å²) in [5.74, 6) is -0.379. The van der Waals surface area contributed by atoms with Crippen molar-refractivity contribution in [3.05, 3.63) is 34.9 Å². The number of rotatable bonds is 2. The highest BCUT2D eigenvalue weighted by Crippen LogP contribution is 2.11. The quantitative estimate of drug-likeness (QED) is 0.758. The monoisotopic (exact) mass is 206 g/mol. The molecule has 0 fully saturated rings. The number of aryl methyl sites for hydroxylation is 2. The number of benzene rings is 1. The van der Waals surface area contributed by atoms with Gasteiger partial charge >= 0.3 is 6.03 Å². The largest absolute Gasteiger partial charge is 0.351 e. The molecule has 0 saturated carbocycles. The molecule has 0 aliphatic carbocycles. The number of amides is 3. The molecule has 15 heavy (non-hydrogen) atoms. The molecule has 3 amide bonds. The molecule has 0 heterocycles. The zero-order chi connectivity index (χ0) is 11.4. The van der Waals surface area contributed by atoms with Crippen molar-refractivity contribution in [2.75, 3.05) is 0 Å². The number of nitrogens with two attached hydrogens (primary N) is 1. The van der Waals surface area contributed by atoms with Gasteiger partial charge in [-0.05, 0) is 25.0 Å². The molecular formula is C11H14N2O2. The molecule has 0 aliphatic rings. The maximum atomic E-state index is 11.3. The van der Waals surface area contributed by atoms with Crippen LogP contribution in [0.4, 0.5) is 4.79 Å². The van der Waals surface area contributed by atoms with Crippen LogP contribution in [0.15, 0.2) is 18.2 Å². The fourth-order valence-corrected chi connectivity index (χ4v) is 1.35. The zero-order valence-corrected chi connectivity index (χ0v) is 8.83. The molecule has 0 bridgehead atoms. The summed E-state index contributed by atoms with van der Waals surface area (Å²) in [6, 6.07) is 5.04. The topological polar surface area (TPSA) is 72.2 Å². The minimum atomic E-state index is -0.815. The van der Waals surface area contributed by atoms with Gasteiger partial charge in [0.1, 0.15) is 0 Å². The van der Waals surface area contributed by atoms with Crippen molar-refractivity contribution in [3.63, 3.8) is 0 Å². The van der Waals surface area contributed by atoms with E-state index in [1.807, 2.05) is 37.4 Å². The van der Waals surface area contributed by atoms with Gasteiger partial charge in [0.25, 0.3) is 0 Å². The Morgan fingerprint density at radius 1 is 1.33 bits per heavy atom. The predicted octanol–water partition coefficient (Wildman–Crippen LogP) is 1.04. The Morgan fingerprint density at radius 3 is 2.60 bits per heavy atom. The van der Waals surface area contributed by atoms with E-state index in [0.29, 0.717) is 0 Å². The highest BCUT2D eigenvalue weighted by atomic mass is 16.2. The molecule has 1 aromatic rings. The van der Waals surface area contributed by atoms with Crippen molar-refractivity contribution in [2.45, 2.75) is 20.3 Å². The Kier molecular flexibility index (Phi) is 3.44. The van der Waals surface area contributed by atoms with Gasteiger partial charge in [-0.25, -0.2) is 4.79 Å². The fraction of sp³-hybridized carbons (Fsp3) is 0.273. The third-order valence-corrected chi connectivity index (χ3v) is 2.12. The van der Waals surface area contributed by atoms with E-state index in [4.69, 9.17) is 5.73 Å². The number of urea groups is 1. The number of nitrogens with one attached hydrogen (secondary N) is 1. The molecule has 1 rings (SSSR count). The molecule has 3 N–H and O–H groups in total. The van der Waals surface area contributed by atoms with Crippen LogP contribution in [0.3, 0.4) is 0 Å². The molecule has 0 aromatic heterocycles. The minimum absolute atomic E-state index is 0.177. The van der Waals surface area contributed by atoms with Crippen LogP contribution in [0.5, 0.6) is 0 Å². The van der Waals surface area contributed by atoms with Crippen LogP contribution in [0.2, 0.25) is 0 Å². The maximum Gasteiger partial charge on any atom is 0.318 e. The van der Waals surface area contributed by atoms with E-state index in [1.165, 1.54) is 0 Å². The Hall–Kier alpha value is -1.84. The lowest BCUT2D eigenvalue weighted by Crippen LogP contribution is -2.36. The summed E-state index contributed by atoms with van der Waals surface area (Å²) in [5, 5.41) is 2.04. The summed E-state index contributed by atoms with van der Waals surface area (Å²) in [4.78, 5) is 21.7. The normalized spacial score (nSPS) is 9.73. The summed E-state index contributed by atoms with van der Waals surface area (Å²) in [7, 11) is 0. The van der Waals surface area contributed by atoms with E-state index in [0.717, 1.165) is 16.7 Å². The van der Waals surface area contributed by atoms with Gasteiger partial charge < -0.3 is 5.73 Å². The Labute approximate surface area is 88.5 Å². The molecule has 0 radical (unpaired) electrons. The molecular weight excluding hydrogens is 192 g/mol. The van der Waals surface area contributed by atoms with Gasteiger partial charge in [-0.1, -0.05) is 23.8 Å². The summed E-state index contributed by atoms with van der Waals surface area (Å²) in [5.41, 5.74) is 7.87. The molecule has 4 nitrogen and oxygen atoms in total. The first-order chi connectivity index (χ1) is 6.99. The summed E-state index contributed by atoms with van der Waals surface area (Å²) < 4.78 is 0. The Balaban J connectivity index is 2.76. The van der Waals surface area contributed by atoms with Gasteiger partial charge in [0, 0.05) is 0 Å². The van der Waals surface area contributed by atoms with Gasteiger partial charge in [0.2, 0.25) is 5.91 Å². The number of hydrogen-bond donors (Lipinski definition) is 2. The Bertz CT molecular complexity index is 400. The second kappa shape index (κ2) is 4.59. The van der Waals surface area contributed by atoms with Gasteiger partial charge in [0.05, 0.1) is 6.42 Å². The van der Waals surface area contributed by atoms with Crippen molar-refractivity contribution < 1.29 is 9.59 Å². The standard InChI is InChI=1S/C11H14N2O2/c1-7-3-4-8(2)9(5-7)6-10(14)13-11(12)15/h3-5H,6H2,1-2H3,(H3,12,13,14,15). The first-order valence-electron chi connectivity index (χ1n) is 4.64. The van der Waals surface area contributed by atoms with Crippen molar-refractivity contribution in [1.82, 2.24) is 5.32 Å².